The summed E-state index contributed by atoms with van der Waals surface area (Å²) in [4.78, 5) is 0. The molecule has 0 unspecified atom stereocenters. The third-order valence-electron chi connectivity index (χ3n) is 2.58. The first-order valence-electron chi connectivity index (χ1n) is 5.76. The zero-order chi connectivity index (χ0) is 13.0. The molecule has 0 aliphatic carbocycles. The third kappa shape index (κ3) is 2.87. The lowest BCUT2D eigenvalue weighted by molar-refractivity contribution is 0.276. The molecule has 0 fully saturated rings. The summed E-state index contributed by atoms with van der Waals surface area (Å²) in [5.41, 5.74) is 1.42. The van der Waals surface area contributed by atoms with E-state index in [1.54, 1.807) is 16.9 Å². The summed E-state index contributed by atoms with van der Waals surface area (Å²) in [5, 5.41) is 13.0. The second kappa shape index (κ2) is 5.64. The highest BCUT2D eigenvalue weighted by Crippen LogP contribution is 2.19. The van der Waals surface area contributed by atoms with Crippen LogP contribution in [0.3, 0.4) is 0 Å². The van der Waals surface area contributed by atoms with Gasteiger partial charge in [0.05, 0.1) is 12.8 Å². The maximum absolute atomic E-state index is 13.6. The Hall–Kier alpha value is -1.88. The second-order valence-electron chi connectivity index (χ2n) is 3.92. The summed E-state index contributed by atoms with van der Waals surface area (Å²) in [6, 6.07) is 4.42. The summed E-state index contributed by atoms with van der Waals surface area (Å²) in [6.07, 6.45) is 3.56. The number of aromatic nitrogens is 2. The van der Waals surface area contributed by atoms with E-state index in [0.717, 1.165) is 12.1 Å². The van der Waals surface area contributed by atoms with Crippen LogP contribution in [0.5, 0.6) is 5.75 Å². The van der Waals surface area contributed by atoms with Crippen LogP contribution in [0.4, 0.5) is 4.39 Å². The molecule has 96 valence electrons. The summed E-state index contributed by atoms with van der Waals surface area (Å²) >= 11 is 0. The van der Waals surface area contributed by atoms with Crippen molar-refractivity contribution in [2.45, 2.75) is 26.7 Å². The van der Waals surface area contributed by atoms with Gasteiger partial charge in [-0.05, 0) is 24.6 Å². The molecule has 2 rings (SSSR count). The molecule has 0 bridgehead atoms. The molecule has 4 nitrogen and oxygen atoms in total. The fourth-order valence-electron chi connectivity index (χ4n) is 1.57. The van der Waals surface area contributed by atoms with Gasteiger partial charge in [0.25, 0.3) is 0 Å². The predicted octanol–water partition coefficient (Wildman–Crippen LogP) is 2.11. The summed E-state index contributed by atoms with van der Waals surface area (Å²) < 4.78 is 20.7. The Kier molecular flexibility index (Phi) is 3.94. The largest absolute Gasteiger partial charge is 0.486 e. The predicted molar refractivity (Wildman–Crippen MR) is 64.6 cm³/mol. The molecular weight excluding hydrogens is 235 g/mol. The lowest BCUT2D eigenvalue weighted by Gasteiger charge is -2.06. The van der Waals surface area contributed by atoms with Crippen molar-refractivity contribution in [1.82, 2.24) is 9.78 Å². The first-order chi connectivity index (χ1) is 8.72. The molecular formula is C13H15FN2O2. The fraction of sp³-hybridized carbons (Fsp3) is 0.308. The van der Waals surface area contributed by atoms with Gasteiger partial charge in [-0.2, -0.15) is 5.10 Å². The Morgan fingerprint density at radius 2 is 2.22 bits per heavy atom. The molecule has 0 amide bonds. The number of rotatable bonds is 5. The van der Waals surface area contributed by atoms with Crippen molar-refractivity contribution in [3.63, 3.8) is 0 Å². The van der Waals surface area contributed by atoms with Crippen LogP contribution < -0.4 is 4.74 Å². The third-order valence-corrected chi connectivity index (χ3v) is 2.58. The van der Waals surface area contributed by atoms with Crippen molar-refractivity contribution in [3.05, 3.63) is 47.5 Å². The van der Waals surface area contributed by atoms with Gasteiger partial charge in [0.15, 0.2) is 11.6 Å². The van der Waals surface area contributed by atoms with Gasteiger partial charge < -0.3 is 9.84 Å². The van der Waals surface area contributed by atoms with Crippen molar-refractivity contribution in [1.29, 1.82) is 0 Å². The van der Waals surface area contributed by atoms with E-state index in [2.05, 4.69) is 5.10 Å². The summed E-state index contributed by atoms with van der Waals surface area (Å²) in [6.45, 7) is 2.88. The van der Waals surface area contributed by atoms with Crippen molar-refractivity contribution in [2.75, 3.05) is 0 Å². The lowest BCUT2D eigenvalue weighted by Crippen LogP contribution is -1.98. The number of nitrogens with zero attached hydrogens (tertiary/aromatic N) is 2. The van der Waals surface area contributed by atoms with E-state index >= 15 is 0 Å². The molecule has 2 aromatic rings. The molecule has 0 aliphatic rings. The molecule has 18 heavy (non-hydrogen) atoms. The van der Waals surface area contributed by atoms with Gasteiger partial charge in [-0.15, -0.1) is 0 Å². The summed E-state index contributed by atoms with van der Waals surface area (Å²) in [5.74, 6) is -0.291. The van der Waals surface area contributed by atoms with E-state index in [-0.39, 0.29) is 19.0 Å². The number of aliphatic hydroxyl groups excluding tert-OH is 1. The van der Waals surface area contributed by atoms with Gasteiger partial charge in [-0.3, -0.25) is 4.68 Å². The Morgan fingerprint density at radius 3 is 2.83 bits per heavy atom. The molecule has 1 aromatic carbocycles. The molecule has 0 atom stereocenters. The van der Waals surface area contributed by atoms with Gasteiger partial charge >= 0.3 is 0 Å². The van der Waals surface area contributed by atoms with Crippen LogP contribution in [0.25, 0.3) is 0 Å². The molecule has 1 heterocycles. The monoisotopic (exact) mass is 250 g/mol. The van der Waals surface area contributed by atoms with Crippen LogP contribution in [0.2, 0.25) is 0 Å². The number of aliphatic hydroxyl groups is 1. The molecule has 0 radical (unpaired) electrons. The minimum absolute atomic E-state index is 0.177. The maximum Gasteiger partial charge on any atom is 0.165 e. The molecule has 0 spiro atoms. The highest BCUT2D eigenvalue weighted by atomic mass is 19.1. The number of benzene rings is 1. The highest BCUT2D eigenvalue weighted by Gasteiger charge is 2.05. The number of ether oxygens (including phenoxy) is 1. The number of hydrogen-bond acceptors (Lipinski definition) is 3. The molecule has 0 aliphatic heterocycles. The van der Waals surface area contributed by atoms with Crippen molar-refractivity contribution >= 4 is 0 Å². The standard InChI is InChI=1S/C13H15FN2O2/c1-2-16-7-11(6-15-16)9-18-13-4-3-10(8-17)5-12(13)14/h3-7,17H,2,8-9H2,1H3. The first-order valence-corrected chi connectivity index (χ1v) is 5.76. The Balaban J connectivity index is 2.01. The van der Waals surface area contributed by atoms with Crippen molar-refractivity contribution < 1.29 is 14.2 Å². The Labute approximate surface area is 105 Å². The summed E-state index contributed by atoms with van der Waals surface area (Å²) in [7, 11) is 0. The van der Waals surface area contributed by atoms with Gasteiger partial charge in [0.2, 0.25) is 0 Å². The van der Waals surface area contributed by atoms with Gasteiger partial charge in [0, 0.05) is 18.3 Å². The van der Waals surface area contributed by atoms with E-state index in [1.807, 2.05) is 13.1 Å². The van der Waals surface area contributed by atoms with Crippen LogP contribution in [0.15, 0.2) is 30.6 Å². The van der Waals surface area contributed by atoms with Crippen LogP contribution in [-0.2, 0) is 19.8 Å². The van der Waals surface area contributed by atoms with Crippen LogP contribution in [-0.4, -0.2) is 14.9 Å². The quantitative estimate of drug-likeness (QED) is 0.884. The minimum Gasteiger partial charge on any atom is -0.486 e. The SMILES string of the molecule is CCn1cc(COc2ccc(CO)cc2F)cn1. The fourth-order valence-corrected chi connectivity index (χ4v) is 1.57. The molecule has 1 aromatic heterocycles. The maximum atomic E-state index is 13.6. The topological polar surface area (TPSA) is 47.3 Å². The van der Waals surface area contributed by atoms with E-state index in [1.165, 1.54) is 12.1 Å². The number of halogens is 1. The number of hydrogen-bond donors (Lipinski definition) is 1. The van der Waals surface area contributed by atoms with Crippen molar-refractivity contribution in [2.24, 2.45) is 0 Å². The average molecular weight is 250 g/mol. The Morgan fingerprint density at radius 1 is 1.39 bits per heavy atom. The zero-order valence-corrected chi connectivity index (χ0v) is 10.1. The van der Waals surface area contributed by atoms with Crippen molar-refractivity contribution in [3.8, 4) is 5.75 Å². The van der Waals surface area contributed by atoms with E-state index in [0.29, 0.717) is 5.56 Å². The normalized spacial score (nSPS) is 10.6. The van der Waals surface area contributed by atoms with E-state index < -0.39 is 5.82 Å². The smallest absolute Gasteiger partial charge is 0.165 e. The molecule has 5 heteroatoms. The van der Waals surface area contributed by atoms with E-state index in [4.69, 9.17) is 9.84 Å². The van der Waals surface area contributed by atoms with E-state index in [9.17, 15) is 4.39 Å². The Bertz CT molecular complexity index is 525. The van der Waals surface area contributed by atoms with Crippen LogP contribution in [0.1, 0.15) is 18.1 Å². The van der Waals surface area contributed by atoms with Crippen LogP contribution >= 0.6 is 0 Å². The zero-order valence-electron chi connectivity index (χ0n) is 10.1. The average Bonchev–Trinajstić information content (AvgIpc) is 2.85. The minimum atomic E-state index is -0.468. The highest BCUT2D eigenvalue weighted by molar-refractivity contribution is 5.29. The van der Waals surface area contributed by atoms with Gasteiger partial charge in [0.1, 0.15) is 6.61 Å². The second-order valence-corrected chi connectivity index (χ2v) is 3.92. The van der Waals surface area contributed by atoms with Gasteiger partial charge in [-0.25, -0.2) is 4.39 Å². The first kappa shape index (κ1) is 12.6. The number of aryl methyl sites for hydroxylation is 1. The molecule has 1 N–H and O–H groups in total. The van der Waals surface area contributed by atoms with Gasteiger partial charge in [-0.1, -0.05) is 6.07 Å². The van der Waals surface area contributed by atoms with Crippen LogP contribution in [0, 0.1) is 5.82 Å². The lowest BCUT2D eigenvalue weighted by atomic mass is 10.2. The molecule has 0 saturated carbocycles. The molecule has 0 saturated heterocycles.